The standard InChI is InChI=1S/C22H31N3O2/c26-21(23-14-13-18-8-3-1-4-9-18)20-12-7-15-25(17-20)22(27)24-16-19-10-5-2-6-11-19/h2,5-6,8,10-11,20H,1,3-4,7,9,12-17H2,(H,23,26)(H,24,27). The molecule has 1 aliphatic carbocycles. The first-order chi connectivity index (χ1) is 13.2. The summed E-state index contributed by atoms with van der Waals surface area (Å²) in [4.78, 5) is 26.7. The van der Waals surface area contributed by atoms with E-state index >= 15 is 0 Å². The zero-order valence-corrected chi connectivity index (χ0v) is 16.1. The van der Waals surface area contributed by atoms with Gasteiger partial charge in [0.05, 0.1) is 5.92 Å². The van der Waals surface area contributed by atoms with E-state index in [0.717, 1.165) is 31.4 Å². The van der Waals surface area contributed by atoms with E-state index in [4.69, 9.17) is 0 Å². The molecule has 1 heterocycles. The second kappa shape index (κ2) is 10.1. The van der Waals surface area contributed by atoms with Gasteiger partial charge in [-0.1, -0.05) is 42.0 Å². The highest BCUT2D eigenvalue weighted by Gasteiger charge is 2.28. The highest BCUT2D eigenvalue weighted by Crippen LogP contribution is 2.20. The third kappa shape index (κ3) is 6.12. The second-order valence-corrected chi connectivity index (χ2v) is 7.58. The van der Waals surface area contributed by atoms with E-state index in [1.165, 1.54) is 31.3 Å². The lowest BCUT2D eigenvalue weighted by molar-refractivity contribution is -0.126. The molecule has 0 radical (unpaired) electrons. The molecule has 1 aromatic carbocycles. The van der Waals surface area contributed by atoms with Crippen LogP contribution in [0.5, 0.6) is 0 Å². The van der Waals surface area contributed by atoms with E-state index in [1.54, 1.807) is 4.90 Å². The van der Waals surface area contributed by atoms with E-state index in [-0.39, 0.29) is 17.9 Å². The van der Waals surface area contributed by atoms with Crippen LogP contribution in [0.25, 0.3) is 0 Å². The number of allylic oxidation sites excluding steroid dienone is 1. The summed E-state index contributed by atoms with van der Waals surface area (Å²) in [6, 6.07) is 9.80. The molecule has 1 atom stereocenters. The number of carbonyl (C=O) groups is 2. The van der Waals surface area contributed by atoms with Gasteiger partial charge in [-0.15, -0.1) is 0 Å². The Bertz CT molecular complexity index is 657. The summed E-state index contributed by atoms with van der Waals surface area (Å²) in [7, 11) is 0. The molecule has 1 unspecified atom stereocenters. The van der Waals surface area contributed by atoms with E-state index < -0.39 is 0 Å². The van der Waals surface area contributed by atoms with Crippen LogP contribution in [0.2, 0.25) is 0 Å². The van der Waals surface area contributed by atoms with E-state index in [2.05, 4.69) is 16.7 Å². The first-order valence-electron chi connectivity index (χ1n) is 10.2. The molecular formula is C22H31N3O2. The van der Waals surface area contributed by atoms with Crippen molar-refractivity contribution in [1.82, 2.24) is 15.5 Å². The lowest BCUT2D eigenvalue weighted by Crippen LogP contribution is -2.48. The zero-order chi connectivity index (χ0) is 18.9. The van der Waals surface area contributed by atoms with Crippen LogP contribution >= 0.6 is 0 Å². The molecule has 1 fully saturated rings. The van der Waals surface area contributed by atoms with Crippen molar-refractivity contribution in [1.29, 1.82) is 0 Å². The number of hydrogen-bond acceptors (Lipinski definition) is 2. The van der Waals surface area contributed by atoms with Crippen molar-refractivity contribution in [2.45, 2.75) is 51.5 Å². The van der Waals surface area contributed by atoms with Crippen LogP contribution in [0, 0.1) is 5.92 Å². The monoisotopic (exact) mass is 369 g/mol. The van der Waals surface area contributed by atoms with Gasteiger partial charge in [-0.05, 0) is 50.5 Å². The van der Waals surface area contributed by atoms with Gasteiger partial charge < -0.3 is 15.5 Å². The Balaban J connectivity index is 1.40. The highest BCUT2D eigenvalue weighted by molar-refractivity contribution is 5.80. The smallest absolute Gasteiger partial charge is 0.317 e. The Labute approximate surface area is 162 Å². The predicted molar refractivity (Wildman–Crippen MR) is 107 cm³/mol. The molecule has 1 aliphatic heterocycles. The average Bonchev–Trinajstić information content (AvgIpc) is 2.73. The van der Waals surface area contributed by atoms with Gasteiger partial charge in [-0.2, -0.15) is 0 Å². The maximum absolute atomic E-state index is 12.5. The van der Waals surface area contributed by atoms with Crippen LogP contribution in [0.1, 0.15) is 50.5 Å². The maximum atomic E-state index is 12.5. The van der Waals surface area contributed by atoms with Crippen molar-refractivity contribution in [2.24, 2.45) is 5.92 Å². The molecule has 5 nitrogen and oxygen atoms in total. The van der Waals surface area contributed by atoms with Crippen LogP contribution in [-0.2, 0) is 11.3 Å². The summed E-state index contributed by atoms with van der Waals surface area (Å²) in [6.45, 7) is 2.45. The molecular weight excluding hydrogens is 338 g/mol. The Kier molecular flexibility index (Phi) is 7.31. The lowest BCUT2D eigenvalue weighted by atomic mass is 9.96. The largest absolute Gasteiger partial charge is 0.355 e. The average molecular weight is 370 g/mol. The number of nitrogens with zero attached hydrogens (tertiary/aromatic N) is 1. The Morgan fingerprint density at radius 2 is 1.93 bits per heavy atom. The molecule has 0 spiro atoms. The number of benzene rings is 1. The number of amides is 3. The third-order valence-corrected chi connectivity index (χ3v) is 5.50. The summed E-state index contributed by atoms with van der Waals surface area (Å²) < 4.78 is 0. The van der Waals surface area contributed by atoms with Crippen LogP contribution in [0.4, 0.5) is 4.79 Å². The first kappa shape index (κ1) is 19.5. The number of nitrogens with one attached hydrogen (secondary N) is 2. The normalized spacial score (nSPS) is 19.9. The number of carbonyl (C=O) groups excluding carboxylic acids is 2. The van der Waals surface area contributed by atoms with Crippen molar-refractivity contribution in [3.05, 3.63) is 47.5 Å². The van der Waals surface area contributed by atoms with Gasteiger partial charge in [0.1, 0.15) is 0 Å². The Morgan fingerprint density at radius 3 is 2.70 bits per heavy atom. The van der Waals surface area contributed by atoms with Crippen LogP contribution in [-0.4, -0.2) is 36.5 Å². The van der Waals surface area contributed by atoms with E-state index in [0.29, 0.717) is 19.6 Å². The topological polar surface area (TPSA) is 61.4 Å². The van der Waals surface area contributed by atoms with Gasteiger partial charge in [0.25, 0.3) is 0 Å². The van der Waals surface area contributed by atoms with Gasteiger partial charge in [0, 0.05) is 26.2 Å². The number of rotatable bonds is 6. The Hall–Kier alpha value is -2.30. The van der Waals surface area contributed by atoms with E-state index in [1.807, 2.05) is 30.3 Å². The quantitative estimate of drug-likeness (QED) is 0.753. The number of hydrogen-bond donors (Lipinski definition) is 2. The van der Waals surface area contributed by atoms with Crippen LogP contribution < -0.4 is 10.6 Å². The van der Waals surface area contributed by atoms with Gasteiger partial charge >= 0.3 is 6.03 Å². The molecule has 0 bridgehead atoms. The summed E-state index contributed by atoms with van der Waals surface area (Å²) in [6.07, 6.45) is 9.94. The maximum Gasteiger partial charge on any atom is 0.317 e. The molecule has 146 valence electrons. The molecule has 3 amide bonds. The third-order valence-electron chi connectivity index (χ3n) is 5.50. The van der Waals surface area contributed by atoms with Gasteiger partial charge in [0.2, 0.25) is 5.91 Å². The molecule has 2 aliphatic rings. The minimum atomic E-state index is -0.0958. The SMILES string of the molecule is O=C(NCCC1=CCCCC1)C1CCCN(C(=O)NCc2ccccc2)C1. The molecule has 1 saturated heterocycles. The van der Waals surface area contributed by atoms with Crippen molar-refractivity contribution >= 4 is 11.9 Å². The van der Waals surface area contributed by atoms with E-state index in [9.17, 15) is 9.59 Å². The summed E-state index contributed by atoms with van der Waals surface area (Å²) in [5.74, 6) is -0.00599. The minimum absolute atomic E-state index is 0.0799. The molecule has 3 rings (SSSR count). The number of piperidine rings is 1. The molecule has 27 heavy (non-hydrogen) atoms. The van der Waals surface area contributed by atoms with Gasteiger partial charge in [0.15, 0.2) is 0 Å². The van der Waals surface area contributed by atoms with Crippen molar-refractivity contribution in [3.8, 4) is 0 Å². The van der Waals surface area contributed by atoms with Crippen molar-refractivity contribution in [2.75, 3.05) is 19.6 Å². The first-order valence-corrected chi connectivity index (χ1v) is 10.2. The Morgan fingerprint density at radius 1 is 1.07 bits per heavy atom. The predicted octanol–water partition coefficient (Wildman–Crippen LogP) is 3.61. The lowest BCUT2D eigenvalue weighted by Gasteiger charge is -2.32. The summed E-state index contributed by atoms with van der Waals surface area (Å²) in [5.41, 5.74) is 2.56. The molecule has 2 N–H and O–H groups in total. The van der Waals surface area contributed by atoms with Crippen molar-refractivity contribution in [3.63, 3.8) is 0 Å². The second-order valence-electron chi connectivity index (χ2n) is 7.58. The van der Waals surface area contributed by atoms with Gasteiger partial charge in [-0.25, -0.2) is 4.79 Å². The molecule has 0 saturated carbocycles. The molecule has 1 aromatic rings. The number of likely N-dealkylation sites (tertiary alicyclic amines) is 1. The number of urea groups is 1. The summed E-state index contributed by atoms with van der Waals surface area (Å²) >= 11 is 0. The van der Waals surface area contributed by atoms with Gasteiger partial charge in [-0.3, -0.25) is 4.79 Å². The highest BCUT2D eigenvalue weighted by atomic mass is 16.2. The van der Waals surface area contributed by atoms with Crippen LogP contribution in [0.3, 0.4) is 0 Å². The molecule has 5 heteroatoms. The fourth-order valence-electron chi connectivity index (χ4n) is 3.88. The summed E-state index contributed by atoms with van der Waals surface area (Å²) in [5, 5.41) is 6.04. The van der Waals surface area contributed by atoms with Crippen molar-refractivity contribution < 1.29 is 9.59 Å². The molecule has 0 aromatic heterocycles. The fraction of sp³-hybridized carbons (Fsp3) is 0.545. The zero-order valence-electron chi connectivity index (χ0n) is 16.1. The van der Waals surface area contributed by atoms with Crippen LogP contribution in [0.15, 0.2) is 42.0 Å². The minimum Gasteiger partial charge on any atom is -0.355 e. The fourth-order valence-corrected chi connectivity index (χ4v) is 3.88.